The molecule has 5 nitrogen and oxygen atoms in total. The monoisotopic (exact) mass is 308 g/mol. The molecule has 5 heteroatoms. The summed E-state index contributed by atoms with van der Waals surface area (Å²) in [6.45, 7) is 0. The van der Waals surface area contributed by atoms with Crippen LogP contribution in [0.5, 0.6) is 0 Å². The van der Waals surface area contributed by atoms with Crippen LogP contribution in [0.1, 0.15) is 39.1 Å². The zero-order chi connectivity index (χ0) is 16.2. The predicted molar refractivity (Wildman–Crippen MR) is 86.2 cm³/mol. The second kappa shape index (κ2) is 6.44. The summed E-state index contributed by atoms with van der Waals surface area (Å²) in [5.74, 6) is -0.929. The van der Waals surface area contributed by atoms with E-state index in [0.717, 1.165) is 12.8 Å². The quantitative estimate of drug-likeness (QED) is 0.833. The van der Waals surface area contributed by atoms with Gasteiger partial charge >= 0.3 is 0 Å². The smallest absolute Gasteiger partial charge is 0.259 e. The van der Waals surface area contributed by atoms with Crippen molar-refractivity contribution in [1.82, 2.24) is 5.32 Å². The van der Waals surface area contributed by atoms with Crippen molar-refractivity contribution in [2.24, 2.45) is 0 Å². The van der Waals surface area contributed by atoms with E-state index in [1.54, 1.807) is 12.1 Å². The molecule has 0 aliphatic carbocycles. The van der Waals surface area contributed by atoms with Gasteiger partial charge in [-0.2, -0.15) is 0 Å². The van der Waals surface area contributed by atoms with Gasteiger partial charge in [-0.15, -0.1) is 0 Å². The van der Waals surface area contributed by atoms with Crippen molar-refractivity contribution in [1.29, 1.82) is 0 Å². The third-order valence-corrected chi connectivity index (χ3v) is 3.73. The molecular weight excluding hydrogens is 292 g/mol. The standard InChI is InChI=1S/C18H16N2O3/c21-16(8-4-7-12-5-2-1-3-6-12)19-13-9-10-14-15(11-13)18(23)20-17(14)22/h1-3,5-6,9-11H,4,7-8H2,(H,19,21)(H,20,22,23). The molecular formula is C18H16N2O3. The molecule has 2 aromatic carbocycles. The third kappa shape index (κ3) is 3.45. The second-order valence-corrected chi connectivity index (χ2v) is 5.43. The molecule has 0 saturated heterocycles. The van der Waals surface area contributed by atoms with Gasteiger partial charge in [0.05, 0.1) is 11.1 Å². The number of aryl methyl sites for hydroxylation is 1. The molecule has 3 rings (SSSR count). The number of carbonyl (C=O) groups is 3. The highest BCUT2D eigenvalue weighted by Crippen LogP contribution is 2.20. The molecule has 1 aliphatic rings. The molecule has 0 spiro atoms. The van der Waals surface area contributed by atoms with Crippen LogP contribution in [0.25, 0.3) is 0 Å². The Morgan fingerprint density at radius 2 is 1.70 bits per heavy atom. The first-order chi connectivity index (χ1) is 11.1. The molecule has 1 aliphatic heterocycles. The zero-order valence-corrected chi connectivity index (χ0v) is 12.5. The normalized spacial score (nSPS) is 12.7. The van der Waals surface area contributed by atoms with Crippen molar-refractivity contribution < 1.29 is 14.4 Å². The van der Waals surface area contributed by atoms with E-state index in [9.17, 15) is 14.4 Å². The topological polar surface area (TPSA) is 75.3 Å². The molecule has 2 N–H and O–H groups in total. The Hall–Kier alpha value is -2.95. The van der Waals surface area contributed by atoms with Gasteiger partial charge in [0, 0.05) is 12.1 Å². The van der Waals surface area contributed by atoms with Gasteiger partial charge in [-0.25, -0.2) is 0 Å². The van der Waals surface area contributed by atoms with E-state index in [2.05, 4.69) is 10.6 Å². The van der Waals surface area contributed by atoms with Crippen LogP contribution in [-0.2, 0) is 11.2 Å². The Balaban J connectivity index is 1.55. The lowest BCUT2D eigenvalue weighted by Gasteiger charge is -2.06. The molecule has 1 heterocycles. The van der Waals surface area contributed by atoms with E-state index in [0.29, 0.717) is 23.2 Å². The predicted octanol–water partition coefficient (Wildman–Crippen LogP) is 2.53. The minimum Gasteiger partial charge on any atom is -0.326 e. The lowest BCUT2D eigenvalue weighted by molar-refractivity contribution is -0.116. The number of imide groups is 1. The number of nitrogens with one attached hydrogen (secondary N) is 2. The van der Waals surface area contributed by atoms with Gasteiger partial charge in [0.15, 0.2) is 0 Å². The number of amides is 3. The average Bonchev–Trinajstić information content (AvgIpc) is 2.83. The summed E-state index contributed by atoms with van der Waals surface area (Å²) >= 11 is 0. The molecule has 116 valence electrons. The number of anilines is 1. The fourth-order valence-electron chi connectivity index (χ4n) is 2.57. The summed E-state index contributed by atoms with van der Waals surface area (Å²) in [7, 11) is 0. The lowest BCUT2D eigenvalue weighted by atomic mass is 10.1. The van der Waals surface area contributed by atoms with Crippen molar-refractivity contribution in [2.75, 3.05) is 5.32 Å². The van der Waals surface area contributed by atoms with Crippen molar-refractivity contribution in [3.8, 4) is 0 Å². The summed E-state index contributed by atoms with van der Waals surface area (Å²) < 4.78 is 0. The Morgan fingerprint density at radius 1 is 0.957 bits per heavy atom. The first-order valence-corrected chi connectivity index (χ1v) is 7.47. The number of hydrogen-bond acceptors (Lipinski definition) is 3. The second-order valence-electron chi connectivity index (χ2n) is 5.43. The molecule has 23 heavy (non-hydrogen) atoms. The maximum absolute atomic E-state index is 12.0. The minimum atomic E-state index is -0.426. The molecule has 0 saturated carbocycles. The van der Waals surface area contributed by atoms with E-state index in [-0.39, 0.29) is 5.91 Å². The minimum absolute atomic E-state index is 0.106. The largest absolute Gasteiger partial charge is 0.326 e. The molecule has 0 radical (unpaired) electrons. The summed E-state index contributed by atoms with van der Waals surface area (Å²) in [5, 5.41) is 4.99. The van der Waals surface area contributed by atoms with Gasteiger partial charge in [0.25, 0.3) is 11.8 Å². The molecule has 0 unspecified atom stereocenters. The van der Waals surface area contributed by atoms with Gasteiger partial charge in [-0.3, -0.25) is 19.7 Å². The summed E-state index contributed by atoms with van der Waals surface area (Å²) in [4.78, 5) is 35.0. The number of rotatable bonds is 5. The molecule has 0 aromatic heterocycles. The first kappa shape index (κ1) is 15.0. The molecule has 3 amide bonds. The van der Waals surface area contributed by atoms with Crippen LogP contribution >= 0.6 is 0 Å². The number of benzene rings is 2. The molecule has 0 fully saturated rings. The summed E-state index contributed by atoms with van der Waals surface area (Å²) in [6, 6.07) is 14.7. The molecule has 0 atom stereocenters. The fraction of sp³-hybridized carbons (Fsp3) is 0.167. The van der Waals surface area contributed by atoms with Gasteiger partial charge in [-0.1, -0.05) is 30.3 Å². The van der Waals surface area contributed by atoms with Crippen molar-refractivity contribution >= 4 is 23.4 Å². The van der Waals surface area contributed by atoms with Crippen LogP contribution in [0.4, 0.5) is 5.69 Å². The first-order valence-electron chi connectivity index (χ1n) is 7.47. The highest BCUT2D eigenvalue weighted by Gasteiger charge is 2.26. The lowest BCUT2D eigenvalue weighted by Crippen LogP contribution is -2.19. The van der Waals surface area contributed by atoms with E-state index >= 15 is 0 Å². The Labute approximate surface area is 133 Å². The van der Waals surface area contributed by atoms with Gasteiger partial charge in [0.1, 0.15) is 0 Å². The maximum atomic E-state index is 12.0. The van der Waals surface area contributed by atoms with Gasteiger partial charge in [0.2, 0.25) is 5.91 Å². The fourth-order valence-corrected chi connectivity index (χ4v) is 2.57. The van der Waals surface area contributed by atoms with E-state index in [4.69, 9.17) is 0 Å². The highest BCUT2D eigenvalue weighted by atomic mass is 16.2. The van der Waals surface area contributed by atoms with E-state index in [1.807, 2.05) is 30.3 Å². The Morgan fingerprint density at radius 3 is 2.48 bits per heavy atom. The van der Waals surface area contributed by atoms with Crippen molar-refractivity contribution in [3.63, 3.8) is 0 Å². The Bertz CT molecular complexity index is 769. The highest BCUT2D eigenvalue weighted by molar-refractivity contribution is 6.22. The number of fused-ring (bicyclic) bond motifs is 1. The third-order valence-electron chi connectivity index (χ3n) is 3.73. The Kier molecular flexibility index (Phi) is 4.19. The summed E-state index contributed by atoms with van der Waals surface area (Å²) in [6.07, 6.45) is 1.99. The summed E-state index contributed by atoms with van der Waals surface area (Å²) in [5.41, 5.74) is 2.38. The van der Waals surface area contributed by atoms with Crippen LogP contribution in [0.2, 0.25) is 0 Å². The zero-order valence-electron chi connectivity index (χ0n) is 12.5. The van der Waals surface area contributed by atoms with Crippen molar-refractivity contribution in [3.05, 3.63) is 65.2 Å². The molecule has 2 aromatic rings. The van der Waals surface area contributed by atoms with E-state index < -0.39 is 11.8 Å². The van der Waals surface area contributed by atoms with Crippen LogP contribution < -0.4 is 10.6 Å². The van der Waals surface area contributed by atoms with Crippen LogP contribution in [-0.4, -0.2) is 17.7 Å². The number of carbonyl (C=O) groups excluding carboxylic acids is 3. The van der Waals surface area contributed by atoms with Crippen LogP contribution in [0.3, 0.4) is 0 Å². The molecule has 0 bridgehead atoms. The average molecular weight is 308 g/mol. The van der Waals surface area contributed by atoms with Crippen LogP contribution in [0.15, 0.2) is 48.5 Å². The van der Waals surface area contributed by atoms with Gasteiger partial charge in [-0.05, 0) is 36.6 Å². The van der Waals surface area contributed by atoms with E-state index in [1.165, 1.54) is 11.6 Å². The number of hydrogen-bond donors (Lipinski definition) is 2. The van der Waals surface area contributed by atoms with Crippen molar-refractivity contribution in [2.45, 2.75) is 19.3 Å². The maximum Gasteiger partial charge on any atom is 0.259 e. The van der Waals surface area contributed by atoms with Crippen LogP contribution in [0, 0.1) is 0 Å². The SMILES string of the molecule is O=C(CCCc1ccccc1)Nc1ccc2c(c1)C(=O)NC2=O. The van der Waals surface area contributed by atoms with Gasteiger partial charge < -0.3 is 5.32 Å².